The van der Waals surface area contributed by atoms with Gasteiger partial charge in [0.2, 0.25) is 0 Å². The fraction of sp³-hybridized carbons (Fsp3) is 0.462. The van der Waals surface area contributed by atoms with Crippen LogP contribution >= 0.6 is 23.2 Å². The van der Waals surface area contributed by atoms with Crippen LogP contribution in [0.15, 0.2) is 18.2 Å². The summed E-state index contributed by atoms with van der Waals surface area (Å²) in [6, 6.07) is 5.45. The summed E-state index contributed by atoms with van der Waals surface area (Å²) in [4.78, 5) is 12.0. The van der Waals surface area contributed by atoms with Crippen molar-refractivity contribution in [1.82, 2.24) is 5.32 Å². The van der Waals surface area contributed by atoms with Crippen LogP contribution in [0.2, 0.25) is 5.02 Å². The molecule has 1 aromatic carbocycles. The maximum Gasteiger partial charge on any atom is 0.251 e. The van der Waals surface area contributed by atoms with Crippen molar-refractivity contribution >= 4 is 29.1 Å². The monoisotopic (exact) mass is 273 g/mol. The summed E-state index contributed by atoms with van der Waals surface area (Å²) < 4.78 is 0. The van der Waals surface area contributed by atoms with Crippen LogP contribution in [0.25, 0.3) is 0 Å². The van der Waals surface area contributed by atoms with Crippen molar-refractivity contribution in [3.63, 3.8) is 0 Å². The average Bonchev–Trinajstić information content (AvgIpc) is 2.29. The van der Waals surface area contributed by atoms with Crippen molar-refractivity contribution < 1.29 is 4.79 Å². The van der Waals surface area contributed by atoms with E-state index in [1.807, 2.05) is 19.9 Å². The zero-order valence-corrected chi connectivity index (χ0v) is 11.6. The lowest BCUT2D eigenvalue weighted by molar-refractivity contribution is 0.0937. The van der Waals surface area contributed by atoms with E-state index in [2.05, 4.69) is 5.32 Å². The molecule has 1 aromatic rings. The largest absolute Gasteiger partial charge is 0.350 e. The third-order valence-electron chi connectivity index (χ3n) is 2.59. The normalized spacial score (nSPS) is 12.2. The highest BCUT2D eigenvalue weighted by molar-refractivity contribution is 6.31. The molecule has 2 nitrogen and oxygen atoms in total. The highest BCUT2D eigenvalue weighted by Crippen LogP contribution is 2.15. The Balaban J connectivity index is 2.66. The molecule has 0 aliphatic carbocycles. The molecule has 0 aliphatic rings. The van der Waals surface area contributed by atoms with Crippen molar-refractivity contribution in [2.45, 2.75) is 32.7 Å². The molecule has 0 heterocycles. The Morgan fingerprint density at radius 3 is 2.82 bits per heavy atom. The van der Waals surface area contributed by atoms with E-state index in [-0.39, 0.29) is 11.9 Å². The minimum Gasteiger partial charge on any atom is -0.350 e. The number of rotatable bonds is 5. The summed E-state index contributed by atoms with van der Waals surface area (Å²) in [6.07, 6.45) is 1.78. The average molecular weight is 274 g/mol. The molecular formula is C13H17Cl2NO. The van der Waals surface area contributed by atoms with Crippen LogP contribution in [0.1, 0.15) is 35.7 Å². The van der Waals surface area contributed by atoms with Gasteiger partial charge in [-0.15, -0.1) is 11.6 Å². The zero-order chi connectivity index (χ0) is 12.8. The Hall–Kier alpha value is -0.730. The molecule has 0 fully saturated rings. The van der Waals surface area contributed by atoms with Crippen LogP contribution in [-0.4, -0.2) is 17.8 Å². The van der Waals surface area contributed by atoms with E-state index in [9.17, 15) is 4.79 Å². The van der Waals surface area contributed by atoms with Gasteiger partial charge in [0.25, 0.3) is 5.91 Å². The fourth-order valence-electron chi connectivity index (χ4n) is 1.60. The summed E-state index contributed by atoms with van der Waals surface area (Å²) in [5.74, 6) is 0.545. The molecule has 1 N–H and O–H groups in total. The van der Waals surface area contributed by atoms with Gasteiger partial charge in [-0.25, -0.2) is 0 Å². The molecule has 0 spiro atoms. The number of nitrogens with one attached hydrogen (secondary N) is 1. The smallest absolute Gasteiger partial charge is 0.251 e. The van der Waals surface area contributed by atoms with Gasteiger partial charge in [0.1, 0.15) is 0 Å². The minimum atomic E-state index is -0.0768. The van der Waals surface area contributed by atoms with Crippen LogP contribution in [0.3, 0.4) is 0 Å². The molecule has 1 unspecified atom stereocenters. The molecule has 94 valence electrons. The minimum absolute atomic E-state index is 0.0768. The number of alkyl halides is 1. The van der Waals surface area contributed by atoms with E-state index in [0.717, 1.165) is 18.4 Å². The second-order valence-corrected chi connectivity index (χ2v) is 4.98. The van der Waals surface area contributed by atoms with E-state index in [4.69, 9.17) is 23.2 Å². The number of hydrogen-bond acceptors (Lipinski definition) is 1. The van der Waals surface area contributed by atoms with Gasteiger partial charge in [0, 0.05) is 22.5 Å². The lowest BCUT2D eigenvalue weighted by Crippen LogP contribution is -2.33. The number of amides is 1. The highest BCUT2D eigenvalue weighted by atomic mass is 35.5. The molecule has 0 bridgehead atoms. The van der Waals surface area contributed by atoms with Gasteiger partial charge in [-0.05, 0) is 44.4 Å². The summed E-state index contributed by atoms with van der Waals surface area (Å²) >= 11 is 11.5. The SMILES string of the molecule is Cc1ccc(Cl)cc1C(=O)NC(C)CCCCl. The predicted octanol–water partition coefficient (Wildman–Crippen LogP) is 3.79. The third kappa shape index (κ3) is 4.57. The van der Waals surface area contributed by atoms with Crippen molar-refractivity contribution in [3.05, 3.63) is 34.3 Å². The van der Waals surface area contributed by atoms with Crippen molar-refractivity contribution in [1.29, 1.82) is 0 Å². The fourth-order valence-corrected chi connectivity index (χ4v) is 1.92. The van der Waals surface area contributed by atoms with Gasteiger partial charge in [-0.2, -0.15) is 0 Å². The first-order chi connectivity index (χ1) is 8.04. The molecule has 1 atom stereocenters. The first kappa shape index (κ1) is 14.3. The number of carbonyl (C=O) groups is 1. The Bertz CT molecular complexity index is 393. The second kappa shape index (κ2) is 6.87. The van der Waals surface area contributed by atoms with E-state index in [1.54, 1.807) is 12.1 Å². The Morgan fingerprint density at radius 1 is 1.47 bits per heavy atom. The van der Waals surface area contributed by atoms with Gasteiger partial charge in [-0.3, -0.25) is 4.79 Å². The first-order valence-corrected chi connectivity index (χ1v) is 6.59. The summed E-state index contributed by atoms with van der Waals surface area (Å²) in [6.45, 7) is 3.87. The van der Waals surface area contributed by atoms with E-state index in [0.29, 0.717) is 16.5 Å². The van der Waals surface area contributed by atoms with Crippen LogP contribution < -0.4 is 5.32 Å². The summed E-state index contributed by atoms with van der Waals surface area (Å²) in [5.41, 5.74) is 1.56. The number of hydrogen-bond donors (Lipinski definition) is 1. The first-order valence-electron chi connectivity index (χ1n) is 5.67. The van der Waals surface area contributed by atoms with E-state index >= 15 is 0 Å². The molecule has 1 amide bonds. The standard InChI is InChI=1S/C13H17Cl2NO/c1-9-5-6-11(15)8-12(9)13(17)16-10(2)4-3-7-14/h5-6,8,10H,3-4,7H2,1-2H3,(H,16,17). The topological polar surface area (TPSA) is 29.1 Å². The van der Waals surface area contributed by atoms with Crippen LogP contribution in [0.4, 0.5) is 0 Å². The van der Waals surface area contributed by atoms with Gasteiger partial charge < -0.3 is 5.32 Å². The van der Waals surface area contributed by atoms with E-state index < -0.39 is 0 Å². The number of halogens is 2. The summed E-state index contributed by atoms with van der Waals surface area (Å²) in [5, 5.41) is 3.52. The quantitative estimate of drug-likeness (QED) is 0.813. The van der Waals surface area contributed by atoms with Gasteiger partial charge in [0.15, 0.2) is 0 Å². The Labute approximate surface area is 112 Å². The molecule has 4 heteroatoms. The molecule has 0 saturated heterocycles. The molecule has 1 rings (SSSR count). The number of carbonyl (C=O) groups excluding carboxylic acids is 1. The molecular weight excluding hydrogens is 257 g/mol. The van der Waals surface area contributed by atoms with Crippen LogP contribution in [0, 0.1) is 6.92 Å². The van der Waals surface area contributed by atoms with Crippen molar-refractivity contribution in [3.8, 4) is 0 Å². The van der Waals surface area contributed by atoms with Gasteiger partial charge in [0.05, 0.1) is 0 Å². The predicted molar refractivity (Wildman–Crippen MR) is 73.1 cm³/mol. The third-order valence-corrected chi connectivity index (χ3v) is 3.09. The zero-order valence-electron chi connectivity index (χ0n) is 10.1. The lowest BCUT2D eigenvalue weighted by atomic mass is 10.1. The van der Waals surface area contributed by atoms with Crippen molar-refractivity contribution in [2.24, 2.45) is 0 Å². The number of aryl methyl sites for hydroxylation is 1. The molecule has 0 aliphatic heterocycles. The second-order valence-electron chi connectivity index (χ2n) is 4.16. The molecule has 0 radical (unpaired) electrons. The molecule has 0 saturated carbocycles. The Kier molecular flexibility index (Phi) is 5.79. The highest BCUT2D eigenvalue weighted by Gasteiger charge is 2.12. The Morgan fingerprint density at radius 2 is 2.18 bits per heavy atom. The maximum atomic E-state index is 12.0. The van der Waals surface area contributed by atoms with Crippen LogP contribution in [-0.2, 0) is 0 Å². The maximum absolute atomic E-state index is 12.0. The molecule has 17 heavy (non-hydrogen) atoms. The van der Waals surface area contributed by atoms with Gasteiger partial charge >= 0.3 is 0 Å². The lowest BCUT2D eigenvalue weighted by Gasteiger charge is -2.14. The van der Waals surface area contributed by atoms with Crippen molar-refractivity contribution in [2.75, 3.05) is 5.88 Å². The van der Waals surface area contributed by atoms with Crippen LogP contribution in [0.5, 0.6) is 0 Å². The van der Waals surface area contributed by atoms with E-state index in [1.165, 1.54) is 0 Å². The number of benzene rings is 1. The van der Waals surface area contributed by atoms with Gasteiger partial charge in [-0.1, -0.05) is 17.7 Å². The summed E-state index contributed by atoms with van der Waals surface area (Å²) in [7, 11) is 0. The molecule has 0 aromatic heterocycles.